The highest BCUT2D eigenvalue weighted by molar-refractivity contribution is 5.74. The third-order valence-corrected chi connectivity index (χ3v) is 10.0. The summed E-state index contributed by atoms with van der Waals surface area (Å²) in [5, 5.41) is 9.61. The monoisotopic (exact) mass is 487 g/mol. The van der Waals surface area contributed by atoms with E-state index in [2.05, 4.69) is 0 Å². The summed E-state index contributed by atoms with van der Waals surface area (Å²) in [6.45, 7) is 2.30. The van der Waals surface area contributed by atoms with Crippen LogP contribution in [-0.2, 0) is 9.53 Å². The Balaban J connectivity index is 1.10. The molecule has 2 unspecified atom stereocenters. The van der Waals surface area contributed by atoms with Crippen LogP contribution in [0.15, 0.2) is 12.1 Å². The molecule has 2 saturated heterocycles. The third-order valence-electron chi connectivity index (χ3n) is 10.0. The zero-order chi connectivity index (χ0) is 24.1. The van der Waals surface area contributed by atoms with Gasteiger partial charge in [0.25, 0.3) is 0 Å². The molecule has 190 valence electrons. The Morgan fingerprint density at radius 1 is 1.14 bits per heavy atom. The van der Waals surface area contributed by atoms with Crippen LogP contribution in [0.3, 0.4) is 0 Å². The van der Waals surface area contributed by atoms with Crippen molar-refractivity contribution in [3.8, 4) is 5.75 Å². The zero-order valence-corrected chi connectivity index (χ0v) is 20.3. The van der Waals surface area contributed by atoms with Crippen LogP contribution in [0.25, 0.3) is 0 Å². The molecule has 7 heteroatoms. The number of carboxylic acid groups (broad SMARTS) is 1. The topological polar surface area (TPSA) is 62.3 Å². The fraction of sp³-hybridized carbons (Fsp3) is 0.750. The molecule has 1 aromatic carbocycles. The normalized spacial score (nSPS) is 44.1. The van der Waals surface area contributed by atoms with Crippen molar-refractivity contribution >= 4 is 5.97 Å². The summed E-state index contributed by atoms with van der Waals surface area (Å²) in [5.41, 5.74) is 1.75. The van der Waals surface area contributed by atoms with E-state index in [0.29, 0.717) is 23.8 Å². The number of carboxylic acids is 1. The summed E-state index contributed by atoms with van der Waals surface area (Å²) in [6, 6.07) is 2.46. The maximum absolute atomic E-state index is 15.4. The quantitative estimate of drug-likeness (QED) is 0.519. The van der Waals surface area contributed by atoms with Gasteiger partial charge in [-0.05, 0) is 86.7 Å². The number of benzene rings is 1. The van der Waals surface area contributed by atoms with Crippen LogP contribution in [0.1, 0.15) is 81.4 Å². The molecule has 0 radical (unpaired) electrons. The minimum absolute atomic E-state index is 0.00264. The Kier molecular flexibility index (Phi) is 5.06. The number of likely N-dealkylation sites (tertiary alicyclic amines) is 1. The molecule has 1 aromatic rings. The zero-order valence-electron chi connectivity index (χ0n) is 20.3. The van der Waals surface area contributed by atoms with Gasteiger partial charge in [-0.2, -0.15) is 0 Å². The molecular formula is C28H35F2NO4. The number of alkyl halides is 1. The van der Waals surface area contributed by atoms with Gasteiger partial charge in [-0.1, -0.05) is 6.92 Å². The number of aliphatic carboxylic acids is 1. The first-order valence-corrected chi connectivity index (χ1v) is 13.5. The van der Waals surface area contributed by atoms with Gasteiger partial charge < -0.3 is 14.6 Å². The van der Waals surface area contributed by atoms with Crippen LogP contribution in [0, 0.1) is 34.9 Å². The molecule has 0 aromatic heterocycles. The lowest BCUT2D eigenvalue weighted by atomic mass is 9.50. The fourth-order valence-corrected chi connectivity index (χ4v) is 8.54. The highest BCUT2D eigenvalue weighted by Crippen LogP contribution is 2.60. The number of ether oxygens (including phenoxy) is 2. The number of carbonyl (C=O) groups is 1. The number of halogens is 2. The van der Waals surface area contributed by atoms with E-state index in [1.54, 1.807) is 11.8 Å². The van der Waals surface area contributed by atoms with Gasteiger partial charge in [-0.25, -0.2) is 8.78 Å². The number of hydrogen-bond donors (Lipinski definition) is 1. The van der Waals surface area contributed by atoms with E-state index >= 15 is 4.39 Å². The van der Waals surface area contributed by atoms with Crippen LogP contribution in [0.2, 0.25) is 0 Å². The molecule has 0 spiro atoms. The molecule has 7 aliphatic rings. The molecule has 5 nitrogen and oxygen atoms in total. The number of nitrogens with zero attached hydrogens (tertiary/aromatic N) is 1. The van der Waals surface area contributed by atoms with Crippen LogP contribution >= 0.6 is 0 Å². The third kappa shape index (κ3) is 3.79. The van der Waals surface area contributed by atoms with Gasteiger partial charge in [0.2, 0.25) is 0 Å². The lowest BCUT2D eigenvalue weighted by Gasteiger charge is -2.56. The average Bonchev–Trinajstić information content (AvgIpc) is 3.70. The Morgan fingerprint density at radius 3 is 2.40 bits per heavy atom. The van der Waals surface area contributed by atoms with E-state index in [9.17, 15) is 14.3 Å². The Hall–Kier alpha value is -1.73. The van der Waals surface area contributed by atoms with Gasteiger partial charge in [0.15, 0.2) is 0 Å². The molecule has 1 N–H and O–H groups in total. The van der Waals surface area contributed by atoms with Crippen molar-refractivity contribution in [1.29, 1.82) is 0 Å². The number of epoxide rings is 1. The molecule has 7 fully saturated rings. The second-order valence-electron chi connectivity index (χ2n) is 12.7. The molecule has 35 heavy (non-hydrogen) atoms. The van der Waals surface area contributed by atoms with Gasteiger partial charge in [0, 0.05) is 29.5 Å². The molecule has 4 bridgehead atoms. The average molecular weight is 488 g/mol. The van der Waals surface area contributed by atoms with Gasteiger partial charge in [0.1, 0.15) is 36.1 Å². The summed E-state index contributed by atoms with van der Waals surface area (Å²) in [5.74, 6) is 1.55. The van der Waals surface area contributed by atoms with Crippen molar-refractivity contribution in [3.05, 3.63) is 29.1 Å². The van der Waals surface area contributed by atoms with Crippen molar-refractivity contribution < 1.29 is 28.2 Å². The van der Waals surface area contributed by atoms with E-state index < -0.39 is 36.4 Å². The van der Waals surface area contributed by atoms with E-state index in [1.807, 2.05) is 6.07 Å². The predicted molar refractivity (Wildman–Crippen MR) is 124 cm³/mol. The second-order valence-corrected chi connectivity index (χ2v) is 12.7. The van der Waals surface area contributed by atoms with Gasteiger partial charge >= 0.3 is 5.97 Å². The van der Waals surface area contributed by atoms with E-state index in [0.717, 1.165) is 36.2 Å². The van der Waals surface area contributed by atoms with E-state index in [4.69, 9.17) is 9.47 Å². The largest absolute Gasteiger partial charge is 0.493 e. The molecular weight excluding hydrogens is 452 g/mol. The molecule has 8 rings (SSSR count). The summed E-state index contributed by atoms with van der Waals surface area (Å²) >= 11 is 0. The van der Waals surface area contributed by atoms with Crippen molar-refractivity contribution in [3.63, 3.8) is 0 Å². The van der Waals surface area contributed by atoms with E-state index in [1.165, 1.54) is 44.6 Å². The highest BCUT2D eigenvalue weighted by atomic mass is 19.1. The second kappa shape index (κ2) is 7.88. The summed E-state index contributed by atoms with van der Waals surface area (Å²) in [6.07, 6.45) is 7.68. The molecule has 5 saturated carbocycles. The Morgan fingerprint density at radius 2 is 1.80 bits per heavy atom. The van der Waals surface area contributed by atoms with Crippen LogP contribution in [0.4, 0.5) is 8.78 Å². The fourth-order valence-electron chi connectivity index (χ4n) is 8.54. The number of hydrogen-bond acceptors (Lipinski definition) is 4. The summed E-state index contributed by atoms with van der Waals surface area (Å²) in [4.78, 5) is 13.3. The van der Waals surface area contributed by atoms with Crippen molar-refractivity contribution in [1.82, 2.24) is 4.90 Å². The van der Waals surface area contributed by atoms with Crippen LogP contribution in [0.5, 0.6) is 5.75 Å². The van der Waals surface area contributed by atoms with Gasteiger partial charge in [0.05, 0.1) is 6.61 Å². The lowest BCUT2D eigenvalue weighted by molar-refractivity contribution is -0.144. The minimum atomic E-state index is -1.23. The van der Waals surface area contributed by atoms with Gasteiger partial charge in [-0.15, -0.1) is 0 Å². The van der Waals surface area contributed by atoms with Crippen LogP contribution < -0.4 is 4.74 Å². The summed E-state index contributed by atoms with van der Waals surface area (Å²) < 4.78 is 41.9. The predicted octanol–water partition coefficient (Wildman–Crippen LogP) is 5.44. The number of rotatable bonds is 7. The van der Waals surface area contributed by atoms with Crippen LogP contribution in [-0.4, -0.2) is 47.6 Å². The van der Waals surface area contributed by atoms with Crippen molar-refractivity contribution in [2.75, 3.05) is 13.2 Å². The Bertz CT molecular complexity index is 1010. The summed E-state index contributed by atoms with van der Waals surface area (Å²) in [7, 11) is 0. The highest BCUT2D eigenvalue weighted by Gasteiger charge is 2.56. The first-order chi connectivity index (χ1) is 16.8. The maximum Gasteiger partial charge on any atom is 0.321 e. The molecule has 5 atom stereocenters. The molecule has 5 aliphatic carbocycles. The Labute approximate surface area is 205 Å². The minimum Gasteiger partial charge on any atom is -0.493 e. The first-order valence-electron chi connectivity index (χ1n) is 13.5. The molecule has 0 amide bonds. The smallest absolute Gasteiger partial charge is 0.321 e. The van der Waals surface area contributed by atoms with E-state index in [-0.39, 0.29) is 17.8 Å². The van der Waals surface area contributed by atoms with Crippen molar-refractivity contribution in [2.24, 2.45) is 29.1 Å². The maximum atomic E-state index is 15.4. The standard InChI is InChI=1S/C28H35F2NO4/c1-14-22(30)12-31(24(14)27(32)33)26-25(35-26)20-7-19(18-2-3-18)23(8-21(20)29)34-13-28-9-15-4-16(10-28)6-17(5-15)11-28/h7-8,14-18,22,24-26H,2-6,9-13H2,1H3,(H,32,33)/t14-,15?,16?,17?,22-,24+,25?,26?,28?/m1/s1. The molecule has 2 heterocycles. The molecule has 2 aliphatic heterocycles. The van der Waals surface area contributed by atoms with Gasteiger partial charge in [-0.3, -0.25) is 9.69 Å². The van der Waals surface area contributed by atoms with Crippen molar-refractivity contribution in [2.45, 2.75) is 88.8 Å². The SMILES string of the molecule is C[C@@H]1[C@H](F)CN(C2OC2c2cc(C3CC3)c(OCC34CC5CC(CC(C5)C3)C4)cc2F)[C@@H]1C(=O)O. The first kappa shape index (κ1) is 22.5. The lowest BCUT2D eigenvalue weighted by Crippen LogP contribution is -2.48.